The van der Waals surface area contributed by atoms with Crippen LogP contribution in [0.2, 0.25) is 5.02 Å². The SMILES string of the molecule is Cc1ccc(-c2cc(C(=O)OCC(=O)c3ccc(Cl)cc3)c3ccccc3n2)o1. The number of benzene rings is 2. The fraction of sp³-hybridized carbons (Fsp3) is 0.0870. The number of rotatable bonds is 5. The standard InChI is InChI=1S/C23H16ClNO4/c1-14-6-11-22(29-14)20-12-18(17-4-2-3-5-19(17)25-20)23(27)28-13-21(26)15-7-9-16(24)10-8-15/h2-12H,13H2,1H3. The lowest BCUT2D eigenvalue weighted by Gasteiger charge is -2.09. The van der Waals surface area contributed by atoms with E-state index in [2.05, 4.69) is 4.98 Å². The van der Waals surface area contributed by atoms with Gasteiger partial charge in [-0.25, -0.2) is 9.78 Å². The Morgan fingerprint density at radius 3 is 2.52 bits per heavy atom. The Labute approximate surface area is 171 Å². The molecule has 0 N–H and O–H groups in total. The predicted molar refractivity (Wildman–Crippen MR) is 110 cm³/mol. The van der Waals surface area contributed by atoms with Crippen LogP contribution in [0, 0.1) is 6.92 Å². The second kappa shape index (κ2) is 7.89. The maximum Gasteiger partial charge on any atom is 0.339 e. The molecule has 0 atom stereocenters. The predicted octanol–water partition coefficient (Wildman–Crippen LogP) is 5.50. The molecule has 0 saturated carbocycles. The number of pyridine rings is 1. The first kappa shape index (κ1) is 18.9. The summed E-state index contributed by atoms with van der Waals surface area (Å²) in [4.78, 5) is 29.7. The Balaban J connectivity index is 1.62. The molecule has 0 radical (unpaired) electrons. The number of furan rings is 1. The molecular formula is C23H16ClNO4. The number of halogens is 1. The molecule has 0 bridgehead atoms. The average Bonchev–Trinajstić information content (AvgIpc) is 3.18. The number of esters is 1. The van der Waals surface area contributed by atoms with Crippen LogP contribution in [0.4, 0.5) is 0 Å². The van der Waals surface area contributed by atoms with Crippen LogP contribution in [-0.2, 0) is 4.74 Å². The summed E-state index contributed by atoms with van der Waals surface area (Å²) < 4.78 is 10.9. The number of para-hydroxylation sites is 1. The van der Waals surface area contributed by atoms with Gasteiger partial charge in [-0.2, -0.15) is 0 Å². The number of carbonyl (C=O) groups excluding carboxylic acids is 2. The lowest BCUT2D eigenvalue weighted by molar-refractivity contribution is 0.0476. The first-order chi connectivity index (χ1) is 14.0. The smallest absolute Gasteiger partial charge is 0.339 e. The first-order valence-corrected chi connectivity index (χ1v) is 9.31. The van der Waals surface area contributed by atoms with Gasteiger partial charge < -0.3 is 9.15 Å². The van der Waals surface area contributed by atoms with Crippen molar-refractivity contribution >= 4 is 34.3 Å². The Morgan fingerprint density at radius 2 is 1.79 bits per heavy atom. The number of ketones is 1. The van der Waals surface area contributed by atoms with Gasteiger partial charge in [-0.3, -0.25) is 4.79 Å². The number of nitrogens with zero attached hydrogens (tertiary/aromatic N) is 1. The summed E-state index contributed by atoms with van der Waals surface area (Å²) in [5.41, 5.74) is 1.90. The summed E-state index contributed by atoms with van der Waals surface area (Å²) in [6.45, 7) is 1.47. The third kappa shape index (κ3) is 4.05. The van der Waals surface area contributed by atoms with Gasteiger partial charge in [-0.1, -0.05) is 29.8 Å². The highest BCUT2D eigenvalue weighted by Gasteiger charge is 2.18. The molecular weight excluding hydrogens is 390 g/mol. The molecule has 0 aliphatic rings. The van der Waals surface area contributed by atoms with Gasteiger partial charge in [0.2, 0.25) is 0 Å². The molecule has 2 heterocycles. The van der Waals surface area contributed by atoms with Crippen molar-refractivity contribution in [1.29, 1.82) is 0 Å². The van der Waals surface area contributed by atoms with Crippen LogP contribution in [0.5, 0.6) is 0 Å². The zero-order valence-electron chi connectivity index (χ0n) is 15.5. The topological polar surface area (TPSA) is 69.4 Å². The van der Waals surface area contributed by atoms with Crippen LogP contribution in [0.25, 0.3) is 22.4 Å². The van der Waals surface area contributed by atoms with E-state index in [0.29, 0.717) is 38.5 Å². The van der Waals surface area contributed by atoms with Gasteiger partial charge in [-0.05, 0) is 55.5 Å². The molecule has 6 heteroatoms. The summed E-state index contributed by atoms with van der Waals surface area (Å²) in [7, 11) is 0. The van der Waals surface area contributed by atoms with E-state index in [9.17, 15) is 9.59 Å². The fourth-order valence-corrected chi connectivity index (χ4v) is 3.10. The van der Waals surface area contributed by atoms with Gasteiger partial charge in [0, 0.05) is 16.0 Å². The van der Waals surface area contributed by atoms with Gasteiger partial charge in [0.1, 0.15) is 11.5 Å². The van der Waals surface area contributed by atoms with E-state index in [4.69, 9.17) is 20.8 Å². The largest absolute Gasteiger partial charge is 0.460 e. The van der Waals surface area contributed by atoms with Gasteiger partial charge in [-0.15, -0.1) is 0 Å². The molecule has 2 aromatic heterocycles. The van der Waals surface area contributed by atoms with Crippen LogP contribution in [0.3, 0.4) is 0 Å². The number of fused-ring (bicyclic) bond motifs is 1. The zero-order chi connectivity index (χ0) is 20.4. The molecule has 0 aliphatic carbocycles. The molecule has 0 amide bonds. The van der Waals surface area contributed by atoms with Crippen molar-refractivity contribution in [2.45, 2.75) is 6.92 Å². The van der Waals surface area contributed by atoms with Crippen molar-refractivity contribution < 1.29 is 18.7 Å². The quantitative estimate of drug-likeness (QED) is 0.324. The monoisotopic (exact) mass is 405 g/mol. The highest BCUT2D eigenvalue weighted by molar-refractivity contribution is 6.30. The minimum Gasteiger partial charge on any atom is -0.460 e. The van der Waals surface area contributed by atoms with E-state index in [-0.39, 0.29) is 12.4 Å². The molecule has 0 saturated heterocycles. The van der Waals surface area contributed by atoms with Crippen molar-refractivity contribution in [2.24, 2.45) is 0 Å². The van der Waals surface area contributed by atoms with Crippen molar-refractivity contribution in [3.8, 4) is 11.5 Å². The third-order valence-corrected chi connectivity index (χ3v) is 4.68. The Morgan fingerprint density at radius 1 is 1.03 bits per heavy atom. The molecule has 0 fully saturated rings. The van der Waals surface area contributed by atoms with Crippen molar-refractivity contribution in [2.75, 3.05) is 6.61 Å². The summed E-state index contributed by atoms with van der Waals surface area (Å²) >= 11 is 5.84. The maximum absolute atomic E-state index is 12.8. The molecule has 0 aliphatic heterocycles. The van der Waals surface area contributed by atoms with E-state index in [1.807, 2.05) is 31.2 Å². The molecule has 4 aromatic rings. The molecule has 144 valence electrons. The lowest BCUT2D eigenvalue weighted by atomic mass is 10.1. The molecule has 29 heavy (non-hydrogen) atoms. The second-order valence-corrected chi connectivity index (χ2v) is 6.93. The van der Waals surface area contributed by atoms with Crippen LogP contribution in [0.15, 0.2) is 71.1 Å². The Hall–Kier alpha value is -3.44. The van der Waals surface area contributed by atoms with Gasteiger partial charge in [0.15, 0.2) is 18.2 Å². The van der Waals surface area contributed by atoms with E-state index < -0.39 is 5.97 Å². The molecule has 2 aromatic carbocycles. The van der Waals surface area contributed by atoms with Gasteiger partial charge >= 0.3 is 5.97 Å². The number of carbonyl (C=O) groups is 2. The average molecular weight is 406 g/mol. The number of hydrogen-bond donors (Lipinski definition) is 0. The highest BCUT2D eigenvalue weighted by atomic mass is 35.5. The Kier molecular flexibility index (Phi) is 5.14. The Bertz CT molecular complexity index is 1210. The maximum atomic E-state index is 12.8. The zero-order valence-corrected chi connectivity index (χ0v) is 16.3. The van der Waals surface area contributed by atoms with Crippen LogP contribution in [0.1, 0.15) is 26.5 Å². The molecule has 5 nitrogen and oxygen atoms in total. The summed E-state index contributed by atoms with van der Waals surface area (Å²) in [6, 6.07) is 18.9. The molecule has 4 rings (SSSR count). The number of aromatic nitrogens is 1. The third-order valence-electron chi connectivity index (χ3n) is 4.43. The molecule has 0 unspecified atom stereocenters. The number of ether oxygens (including phenoxy) is 1. The second-order valence-electron chi connectivity index (χ2n) is 6.49. The van der Waals surface area contributed by atoms with Crippen molar-refractivity contribution in [3.63, 3.8) is 0 Å². The number of Topliss-reactive ketones (excluding diaryl/α,β-unsaturated/α-hetero) is 1. The minimum atomic E-state index is -0.601. The highest BCUT2D eigenvalue weighted by Crippen LogP contribution is 2.26. The fourth-order valence-electron chi connectivity index (χ4n) is 2.97. The minimum absolute atomic E-state index is 0.310. The molecule has 0 spiro atoms. The van der Waals surface area contributed by atoms with Crippen LogP contribution >= 0.6 is 11.6 Å². The number of aryl methyl sites for hydroxylation is 1. The normalized spacial score (nSPS) is 10.8. The van der Waals surface area contributed by atoms with Crippen molar-refractivity contribution in [1.82, 2.24) is 4.98 Å². The van der Waals surface area contributed by atoms with Crippen LogP contribution in [-0.4, -0.2) is 23.3 Å². The summed E-state index contributed by atoms with van der Waals surface area (Å²) in [6.07, 6.45) is 0. The lowest BCUT2D eigenvalue weighted by Crippen LogP contribution is -2.15. The van der Waals surface area contributed by atoms with E-state index >= 15 is 0 Å². The van der Waals surface area contributed by atoms with Crippen molar-refractivity contribution in [3.05, 3.63) is 88.6 Å². The van der Waals surface area contributed by atoms with E-state index in [1.54, 1.807) is 42.5 Å². The van der Waals surface area contributed by atoms with Gasteiger partial charge in [0.25, 0.3) is 0 Å². The first-order valence-electron chi connectivity index (χ1n) is 8.94. The van der Waals surface area contributed by atoms with E-state index in [1.165, 1.54) is 0 Å². The van der Waals surface area contributed by atoms with Gasteiger partial charge in [0.05, 0.1) is 11.1 Å². The van der Waals surface area contributed by atoms with E-state index in [0.717, 1.165) is 5.76 Å². The van der Waals surface area contributed by atoms with Crippen LogP contribution < -0.4 is 0 Å². The summed E-state index contributed by atoms with van der Waals surface area (Å²) in [5.74, 6) is 0.387. The number of hydrogen-bond acceptors (Lipinski definition) is 5. The summed E-state index contributed by atoms with van der Waals surface area (Å²) in [5, 5.41) is 1.17.